The van der Waals surface area contributed by atoms with Gasteiger partial charge < -0.3 is 14.0 Å². The number of fused-ring (bicyclic) bond motifs is 7. The van der Waals surface area contributed by atoms with E-state index in [0.29, 0.717) is 5.71 Å². The Balaban J connectivity index is 0.000000208. The van der Waals surface area contributed by atoms with E-state index in [9.17, 15) is 0 Å². The topological polar surface area (TPSA) is 69.6 Å². The second-order valence-corrected chi connectivity index (χ2v) is 23.1. The molecule has 307 valence electrons. The number of imidazole rings is 1. The second-order valence-electron chi connectivity index (χ2n) is 18.1. The zero-order valence-corrected chi connectivity index (χ0v) is 39.6. The van der Waals surface area contributed by atoms with Gasteiger partial charge in [-0.1, -0.05) is 138 Å². The van der Waals surface area contributed by atoms with E-state index in [-0.39, 0.29) is 31.4 Å². The minimum atomic E-state index is -1.27. The summed E-state index contributed by atoms with van der Waals surface area (Å²) in [7, 11) is -1.27. The average molecular weight is 992 g/mol. The number of nitrogens with zero attached hydrogens (tertiary/aromatic N) is 5. The molecule has 0 amide bonds. The van der Waals surface area contributed by atoms with E-state index in [2.05, 4.69) is 166 Å². The fourth-order valence-corrected chi connectivity index (χ4v) is 9.34. The van der Waals surface area contributed by atoms with Crippen molar-refractivity contribution in [2.75, 3.05) is 0 Å². The maximum Gasteiger partial charge on any atom is 0.215 e. The molecule has 61 heavy (non-hydrogen) atoms. The Kier molecular flexibility index (Phi) is 11.2. The van der Waals surface area contributed by atoms with Gasteiger partial charge in [0.1, 0.15) is 0 Å². The smallest absolute Gasteiger partial charge is 0.215 e. The molecule has 1 radical (unpaired) electrons. The Morgan fingerprint density at radius 2 is 1.41 bits per heavy atom. The van der Waals surface area contributed by atoms with Crippen LogP contribution in [-0.2, 0) is 25.5 Å². The first kappa shape index (κ1) is 41.9. The molecule has 6 nitrogen and oxygen atoms in total. The van der Waals surface area contributed by atoms with Crippen molar-refractivity contribution < 1.29 is 24.5 Å². The van der Waals surface area contributed by atoms with E-state index in [1.54, 1.807) is 6.20 Å². The number of aromatic nitrogens is 5. The van der Waals surface area contributed by atoms with Gasteiger partial charge in [0.2, 0.25) is 5.71 Å². The molecule has 0 saturated carbocycles. The Morgan fingerprint density at radius 3 is 2.10 bits per heavy atom. The summed E-state index contributed by atoms with van der Waals surface area (Å²) in [5.74, 6) is 1.06. The van der Waals surface area contributed by atoms with Gasteiger partial charge in [0, 0.05) is 49.0 Å². The number of rotatable bonds is 5. The van der Waals surface area contributed by atoms with E-state index >= 15 is 0 Å². The van der Waals surface area contributed by atoms with Gasteiger partial charge in [-0.15, -0.1) is 47.5 Å². The molecule has 0 saturated heterocycles. The monoisotopic (exact) mass is 992 g/mol. The van der Waals surface area contributed by atoms with Gasteiger partial charge in [0.05, 0.1) is 42.4 Å². The van der Waals surface area contributed by atoms with Crippen LogP contribution in [0.1, 0.15) is 57.4 Å². The minimum absolute atomic E-state index is 0. The number of hydrogen-bond donors (Lipinski definition) is 0. The molecule has 10 aromatic rings. The summed E-state index contributed by atoms with van der Waals surface area (Å²) in [4.78, 5) is 19.1. The van der Waals surface area contributed by atoms with Crippen LogP contribution in [0.2, 0.25) is 19.6 Å². The molecule has 8 heteroatoms. The molecule has 5 heterocycles. The number of hydrogen-bond acceptors (Lipinski definition) is 5. The molecular formula is C53H49IrN5OSi-2. The standard InChI is InChI=1S/C35H25N4O.C18H24NSi.Ir/c1-20(2)31-24-12-6-4-10-22(24)23-11-5-7-13-25(23)33(31)39-29-19-37-21(3)18-28(29)38-34(39)26-14-8-16-30-32(26)27-15-9-17-36-35(27)40-30;1-18(2,3)15-9-7-8-14(12-15)17-11-10-16(13-19-17)20(4,5)6;/h4-13,15-20H,1-3H3;7,9-13H,1-6H3;/q2*-1;. The summed E-state index contributed by atoms with van der Waals surface area (Å²) in [6.07, 6.45) is 5.75. The van der Waals surface area contributed by atoms with Crippen molar-refractivity contribution in [3.63, 3.8) is 0 Å². The van der Waals surface area contributed by atoms with E-state index in [0.717, 1.165) is 61.4 Å². The van der Waals surface area contributed by atoms with Gasteiger partial charge in [0.25, 0.3) is 0 Å². The number of pyridine rings is 3. The predicted molar refractivity (Wildman–Crippen MR) is 252 cm³/mol. The maximum atomic E-state index is 6.16. The van der Waals surface area contributed by atoms with E-state index in [4.69, 9.17) is 14.4 Å². The molecule has 0 aliphatic heterocycles. The van der Waals surface area contributed by atoms with Gasteiger partial charge >= 0.3 is 0 Å². The summed E-state index contributed by atoms with van der Waals surface area (Å²) in [5.41, 5.74) is 11.0. The fourth-order valence-electron chi connectivity index (χ4n) is 8.30. The van der Waals surface area contributed by atoms with Gasteiger partial charge in [-0.2, -0.15) is 0 Å². The van der Waals surface area contributed by atoms with Crippen LogP contribution in [0.3, 0.4) is 0 Å². The van der Waals surface area contributed by atoms with E-state index in [1.807, 2.05) is 43.6 Å². The Morgan fingerprint density at radius 1 is 0.721 bits per heavy atom. The molecule has 0 fully saturated rings. The van der Waals surface area contributed by atoms with Crippen molar-refractivity contribution in [3.05, 3.63) is 157 Å². The fraction of sp³-hybridized carbons (Fsp3) is 0.208. The molecule has 5 aromatic carbocycles. The normalized spacial score (nSPS) is 12.0. The van der Waals surface area contributed by atoms with Crippen molar-refractivity contribution in [2.45, 2.75) is 72.5 Å². The van der Waals surface area contributed by atoms with Crippen LogP contribution in [0.5, 0.6) is 0 Å². The molecule has 0 atom stereocenters. The van der Waals surface area contributed by atoms with Crippen LogP contribution >= 0.6 is 0 Å². The van der Waals surface area contributed by atoms with E-state index < -0.39 is 8.07 Å². The van der Waals surface area contributed by atoms with Gasteiger partial charge in [-0.3, -0.25) is 9.97 Å². The average Bonchev–Trinajstić information content (AvgIpc) is 3.81. The second kappa shape index (κ2) is 16.2. The number of aryl methyl sites for hydroxylation is 1. The molecule has 0 unspecified atom stereocenters. The summed E-state index contributed by atoms with van der Waals surface area (Å²) in [5, 5.41) is 8.20. The maximum absolute atomic E-state index is 6.16. The molecule has 0 bridgehead atoms. The summed E-state index contributed by atoms with van der Waals surface area (Å²) in [6, 6.07) is 44.8. The van der Waals surface area contributed by atoms with Crippen molar-refractivity contribution in [1.29, 1.82) is 0 Å². The Labute approximate surface area is 372 Å². The molecule has 0 N–H and O–H groups in total. The van der Waals surface area contributed by atoms with Gasteiger partial charge in [0.15, 0.2) is 0 Å². The first-order chi connectivity index (χ1) is 28.8. The Bertz CT molecular complexity index is 3220. The number of benzene rings is 5. The zero-order valence-electron chi connectivity index (χ0n) is 36.2. The summed E-state index contributed by atoms with van der Waals surface area (Å²) >= 11 is 0. The first-order valence-corrected chi connectivity index (χ1v) is 24.2. The molecular weight excluding hydrogens is 943 g/mol. The van der Waals surface area contributed by atoms with Crippen molar-refractivity contribution >= 4 is 67.9 Å². The first-order valence-electron chi connectivity index (χ1n) is 20.7. The molecule has 0 spiro atoms. The van der Waals surface area contributed by atoms with Crippen molar-refractivity contribution in [3.8, 4) is 28.3 Å². The van der Waals surface area contributed by atoms with Crippen molar-refractivity contribution in [2.24, 2.45) is 0 Å². The van der Waals surface area contributed by atoms with E-state index in [1.165, 1.54) is 37.9 Å². The van der Waals surface area contributed by atoms with Crippen LogP contribution < -0.4 is 5.19 Å². The quantitative estimate of drug-likeness (QED) is 0.0976. The molecule has 5 aromatic heterocycles. The summed E-state index contributed by atoms with van der Waals surface area (Å²) in [6.45, 7) is 20.3. The molecule has 0 aliphatic carbocycles. The van der Waals surface area contributed by atoms with Crippen LogP contribution in [0.15, 0.2) is 132 Å². The third-order valence-corrected chi connectivity index (χ3v) is 13.5. The number of furan rings is 1. The van der Waals surface area contributed by atoms with Crippen LogP contribution in [0.25, 0.3) is 83.0 Å². The van der Waals surface area contributed by atoms with Crippen LogP contribution in [-0.4, -0.2) is 32.6 Å². The minimum Gasteiger partial charge on any atom is -0.458 e. The Hall–Kier alpha value is -5.79. The predicted octanol–water partition coefficient (Wildman–Crippen LogP) is 13.3. The third kappa shape index (κ3) is 7.73. The molecule has 10 rings (SSSR count). The zero-order chi connectivity index (χ0) is 41.9. The van der Waals surface area contributed by atoms with Gasteiger partial charge in [-0.25, -0.2) is 4.98 Å². The largest absolute Gasteiger partial charge is 0.458 e. The SMILES string of the molecule is CC(C)(C)c1cc[c-]c(-c2ccc([Si](C)(C)C)cn2)c1.Cc1cc2nc(-c3[c-]ccc4oc5ncccc5c34)n(-c3c(C(C)C)c4ccccc4c4ccccc34)c2cn1.[Ir]. The van der Waals surface area contributed by atoms with Gasteiger partial charge in [-0.05, 0) is 63.0 Å². The summed E-state index contributed by atoms with van der Waals surface area (Å²) < 4.78 is 8.46. The van der Waals surface area contributed by atoms with Crippen LogP contribution in [0, 0.1) is 19.1 Å². The van der Waals surface area contributed by atoms with Crippen molar-refractivity contribution in [1.82, 2.24) is 24.5 Å². The third-order valence-electron chi connectivity index (χ3n) is 11.4. The van der Waals surface area contributed by atoms with Crippen LogP contribution in [0.4, 0.5) is 0 Å². The molecule has 0 aliphatic rings.